The molecule has 0 unspecified atom stereocenters. The molecule has 0 saturated carbocycles. The lowest BCUT2D eigenvalue weighted by molar-refractivity contribution is -0.113. The summed E-state index contributed by atoms with van der Waals surface area (Å²) < 4.78 is 0. The highest BCUT2D eigenvalue weighted by Gasteiger charge is 2.39. The highest BCUT2D eigenvalue weighted by Crippen LogP contribution is 2.52. The largest absolute Gasteiger partial charge is 0.478 e. The molecule has 1 aromatic carbocycles. The molecule has 26 heavy (non-hydrogen) atoms. The SMILES string of the molecule is CC1(C)CCC(C)(C)C2=C1C=C(C(=O)Nc1ccc(C(=O)O)cc1)CC2. The van der Waals surface area contributed by atoms with Crippen LogP contribution in [-0.4, -0.2) is 17.0 Å². The Morgan fingerprint density at radius 1 is 0.962 bits per heavy atom. The first-order chi connectivity index (χ1) is 12.1. The van der Waals surface area contributed by atoms with Gasteiger partial charge in [-0.15, -0.1) is 0 Å². The van der Waals surface area contributed by atoms with Crippen LogP contribution in [0.1, 0.15) is 63.7 Å². The summed E-state index contributed by atoms with van der Waals surface area (Å²) in [5.74, 6) is -1.07. The molecule has 4 heteroatoms. The molecule has 138 valence electrons. The zero-order chi connectivity index (χ0) is 19.1. The molecule has 0 bridgehead atoms. The number of carboxylic acid groups (broad SMARTS) is 1. The number of allylic oxidation sites excluding steroid dienone is 3. The predicted molar refractivity (Wildman–Crippen MR) is 103 cm³/mol. The molecule has 0 atom stereocenters. The van der Waals surface area contributed by atoms with Crippen molar-refractivity contribution in [2.24, 2.45) is 10.8 Å². The van der Waals surface area contributed by atoms with Gasteiger partial charge < -0.3 is 10.4 Å². The number of hydrogen-bond acceptors (Lipinski definition) is 2. The summed E-state index contributed by atoms with van der Waals surface area (Å²) >= 11 is 0. The van der Waals surface area contributed by atoms with E-state index < -0.39 is 5.97 Å². The Bertz CT molecular complexity index is 810. The van der Waals surface area contributed by atoms with Crippen molar-refractivity contribution < 1.29 is 14.7 Å². The molecule has 0 aliphatic heterocycles. The maximum absolute atomic E-state index is 12.7. The number of rotatable bonds is 3. The number of carboxylic acids is 1. The third kappa shape index (κ3) is 3.46. The van der Waals surface area contributed by atoms with E-state index in [1.165, 1.54) is 29.7 Å². The van der Waals surface area contributed by atoms with Gasteiger partial charge in [0.25, 0.3) is 5.91 Å². The van der Waals surface area contributed by atoms with Crippen LogP contribution in [0.2, 0.25) is 0 Å². The van der Waals surface area contributed by atoms with Crippen molar-refractivity contribution in [3.8, 4) is 0 Å². The molecule has 2 N–H and O–H groups in total. The Morgan fingerprint density at radius 2 is 1.58 bits per heavy atom. The Morgan fingerprint density at radius 3 is 2.19 bits per heavy atom. The minimum absolute atomic E-state index is 0.0972. The number of nitrogens with one attached hydrogen (secondary N) is 1. The highest BCUT2D eigenvalue weighted by atomic mass is 16.4. The van der Waals surface area contributed by atoms with Gasteiger partial charge in [-0.25, -0.2) is 4.79 Å². The third-order valence-electron chi connectivity index (χ3n) is 5.89. The molecule has 0 spiro atoms. The van der Waals surface area contributed by atoms with Crippen molar-refractivity contribution >= 4 is 17.6 Å². The zero-order valence-electron chi connectivity index (χ0n) is 16.0. The Kier molecular flexibility index (Phi) is 4.55. The first-order valence-electron chi connectivity index (χ1n) is 9.19. The maximum Gasteiger partial charge on any atom is 0.335 e. The summed E-state index contributed by atoms with van der Waals surface area (Å²) in [4.78, 5) is 23.6. The van der Waals surface area contributed by atoms with Crippen LogP contribution in [0.15, 0.2) is 47.1 Å². The summed E-state index contributed by atoms with van der Waals surface area (Å²) in [6.07, 6.45) is 6.09. The van der Waals surface area contributed by atoms with Crippen LogP contribution in [-0.2, 0) is 4.79 Å². The molecule has 4 nitrogen and oxygen atoms in total. The van der Waals surface area contributed by atoms with E-state index in [2.05, 4.69) is 39.1 Å². The van der Waals surface area contributed by atoms with Crippen LogP contribution in [0.3, 0.4) is 0 Å². The van der Waals surface area contributed by atoms with E-state index in [1.807, 2.05) is 0 Å². The normalized spacial score (nSPS) is 20.8. The second kappa shape index (κ2) is 6.42. The second-order valence-electron chi connectivity index (χ2n) is 8.67. The molecule has 0 saturated heterocycles. The number of aromatic carboxylic acids is 1. The quantitative estimate of drug-likeness (QED) is 0.786. The average molecular weight is 353 g/mol. The van der Waals surface area contributed by atoms with Gasteiger partial charge in [-0.3, -0.25) is 4.79 Å². The monoisotopic (exact) mass is 353 g/mol. The van der Waals surface area contributed by atoms with E-state index in [0.29, 0.717) is 5.69 Å². The second-order valence-corrected chi connectivity index (χ2v) is 8.67. The molecule has 1 amide bonds. The minimum Gasteiger partial charge on any atom is -0.478 e. The summed E-state index contributed by atoms with van der Waals surface area (Å²) in [5.41, 5.74) is 4.75. The number of anilines is 1. The van der Waals surface area contributed by atoms with Gasteiger partial charge in [0.05, 0.1) is 5.56 Å². The first kappa shape index (κ1) is 18.4. The summed E-state index contributed by atoms with van der Waals surface area (Å²) in [6.45, 7) is 9.14. The maximum atomic E-state index is 12.7. The summed E-state index contributed by atoms with van der Waals surface area (Å²) in [5, 5.41) is 11.9. The summed E-state index contributed by atoms with van der Waals surface area (Å²) in [6, 6.07) is 6.26. The third-order valence-corrected chi connectivity index (χ3v) is 5.89. The van der Waals surface area contributed by atoms with Gasteiger partial charge in [-0.05, 0) is 72.4 Å². The van der Waals surface area contributed by atoms with Crippen LogP contribution < -0.4 is 5.32 Å². The van der Waals surface area contributed by atoms with Crippen molar-refractivity contribution in [2.75, 3.05) is 5.32 Å². The minimum atomic E-state index is -0.973. The Hall–Kier alpha value is -2.36. The van der Waals surface area contributed by atoms with Gasteiger partial charge in [0, 0.05) is 11.3 Å². The molecule has 1 aromatic rings. The standard InChI is InChI=1S/C22H27NO3/c1-21(2)11-12-22(3,4)18-13-15(7-10-17(18)21)19(24)23-16-8-5-14(6-9-16)20(25)26/h5-6,8-9,13H,7,10-12H2,1-4H3,(H,23,24)(H,25,26). The lowest BCUT2D eigenvalue weighted by Crippen LogP contribution is -2.32. The van der Waals surface area contributed by atoms with Gasteiger partial charge in [0.1, 0.15) is 0 Å². The lowest BCUT2D eigenvalue weighted by atomic mass is 9.60. The lowest BCUT2D eigenvalue weighted by Gasteiger charge is -2.45. The molecule has 2 aliphatic carbocycles. The molecule has 2 aliphatic rings. The smallest absolute Gasteiger partial charge is 0.335 e. The van der Waals surface area contributed by atoms with Crippen LogP contribution in [0.25, 0.3) is 0 Å². The van der Waals surface area contributed by atoms with Crippen molar-refractivity contribution in [3.05, 3.63) is 52.6 Å². The van der Waals surface area contributed by atoms with E-state index in [4.69, 9.17) is 5.11 Å². The molecule has 3 rings (SSSR count). The molecule has 0 fully saturated rings. The number of carbonyl (C=O) groups excluding carboxylic acids is 1. The zero-order valence-corrected chi connectivity index (χ0v) is 16.0. The van der Waals surface area contributed by atoms with Crippen molar-refractivity contribution in [2.45, 2.75) is 53.4 Å². The predicted octanol–water partition coefficient (Wildman–Crippen LogP) is 5.19. The fourth-order valence-electron chi connectivity index (χ4n) is 4.03. The Balaban J connectivity index is 1.83. The van der Waals surface area contributed by atoms with Crippen molar-refractivity contribution in [1.29, 1.82) is 0 Å². The van der Waals surface area contributed by atoms with Crippen LogP contribution in [0.5, 0.6) is 0 Å². The van der Waals surface area contributed by atoms with Gasteiger partial charge in [0.2, 0.25) is 0 Å². The van der Waals surface area contributed by atoms with Crippen LogP contribution in [0, 0.1) is 10.8 Å². The highest BCUT2D eigenvalue weighted by molar-refractivity contribution is 6.04. The van der Waals surface area contributed by atoms with Gasteiger partial charge in [-0.2, -0.15) is 0 Å². The number of carbonyl (C=O) groups is 2. The number of amides is 1. The fraction of sp³-hybridized carbons (Fsp3) is 0.455. The molecule has 0 radical (unpaired) electrons. The first-order valence-corrected chi connectivity index (χ1v) is 9.19. The van der Waals surface area contributed by atoms with Gasteiger partial charge in [0.15, 0.2) is 0 Å². The molecular formula is C22H27NO3. The number of hydrogen-bond donors (Lipinski definition) is 2. The van der Waals surface area contributed by atoms with Crippen molar-refractivity contribution in [3.63, 3.8) is 0 Å². The number of benzene rings is 1. The Labute approximate surface area is 155 Å². The van der Waals surface area contributed by atoms with E-state index >= 15 is 0 Å². The van der Waals surface area contributed by atoms with E-state index in [-0.39, 0.29) is 22.3 Å². The molecule has 0 aromatic heterocycles. The van der Waals surface area contributed by atoms with E-state index in [1.54, 1.807) is 12.1 Å². The van der Waals surface area contributed by atoms with E-state index in [9.17, 15) is 9.59 Å². The van der Waals surface area contributed by atoms with Crippen molar-refractivity contribution in [1.82, 2.24) is 0 Å². The van der Waals surface area contributed by atoms with Gasteiger partial charge in [-0.1, -0.05) is 33.3 Å². The average Bonchev–Trinajstić information content (AvgIpc) is 2.59. The van der Waals surface area contributed by atoms with E-state index in [0.717, 1.165) is 24.8 Å². The summed E-state index contributed by atoms with van der Waals surface area (Å²) in [7, 11) is 0. The van der Waals surface area contributed by atoms with Crippen LogP contribution in [0.4, 0.5) is 5.69 Å². The molecular weight excluding hydrogens is 326 g/mol. The molecule has 0 heterocycles. The topological polar surface area (TPSA) is 66.4 Å². The fourth-order valence-corrected chi connectivity index (χ4v) is 4.03. The van der Waals surface area contributed by atoms with Crippen LogP contribution >= 0.6 is 0 Å². The van der Waals surface area contributed by atoms with Gasteiger partial charge >= 0.3 is 5.97 Å².